The molecule has 0 spiro atoms. The van der Waals surface area contributed by atoms with Crippen LogP contribution in [-0.2, 0) is 9.59 Å². The van der Waals surface area contributed by atoms with Gasteiger partial charge >= 0.3 is 6.18 Å². The van der Waals surface area contributed by atoms with Crippen LogP contribution in [-0.4, -0.2) is 60.0 Å². The Morgan fingerprint density at radius 1 is 1.30 bits per heavy atom. The van der Waals surface area contributed by atoms with Crippen molar-refractivity contribution in [3.63, 3.8) is 0 Å². The number of nitrogens with zero attached hydrogens (tertiary/aromatic N) is 2. The molecule has 0 aliphatic carbocycles. The summed E-state index contributed by atoms with van der Waals surface area (Å²) in [5.41, 5.74) is 2.70. The number of alkyl halides is 3. The lowest BCUT2D eigenvalue weighted by atomic mass is 9.97. The molecule has 0 radical (unpaired) electrons. The van der Waals surface area contributed by atoms with Gasteiger partial charge in [0, 0.05) is 18.3 Å². The zero-order valence-electron chi connectivity index (χ0n) is 18.2. The number of hydrogen-bond acceptors (Lipinski definition) is 3. The van der Waals surface area contributed by atoms with Crippen LogP contribution in [0.3, 0.4) is 0 Å². The van der Waals surface area contributed by atoms with Crippen LogP contribution >= 0.6 is 0 Å². The van der Waals surface area contributed by atoms with Gasteiger partial charge in [0.2, 0.25) is 11.8 Å². The van der Waals surface area contributed by atoms with Crippen molar-refractivity contribution in [2.45, 2.75) is 59.2 Å². The van der Waals surface area contributed by atoms with Crippen LogP contribution in [0.5, 0.6) is 0 Å². The lowest BCUT2D eigenvalue weighted by Crippen LogP contribution is -2.50. The predicted octanol–water partition coefficient (Wildman–Crippen LogP) is 4.14. The van der Waals surface area contributed by atoms with E-state index in [-0.39, 0.29) is 43.9 Å². The minimum Gasteiger partial charge on any atom is -0.330 e. The molecule has 168 valence electrons. The van der Waals surface area contributed by atoms with Crippen LogP contribution < -0.4 is 5.32 Å². The van der Waals surface area contributed by atoms with Crippen LogP contribution in [0.25, 0.3) is 0 Å². The van der Waals surface area contributed by atoms with E-state index in [1.54, 1.807) is 11.0 Å². The molecule has 1 N–H and O–H groups in total. The van der Waals surface area contributed by atoms with E-state index in [0.717, 1.165) is 11.1 Å². The second kappa shape index (κ2) is 10.3. The Hall–Kier alpha value is -2.09. The molecule has 2 atom stereocenters. The first-order valence-corrected chi connectivity index (χ1v) is 10.5. The maximum absolute atomic E-state index is 13.1. The number of carbonyl (C=O) groups excluding carboxylic acids is 2. The molecule has 1 saturated heterocycles. The van der Waals surface area contributed by atoms with Crippen molar-refractivity contribution in [1.82, 2.24) is 9.80 Å². The van der Waals surface area contributed by atoms with Crippen LogP contribution in [0.15, 0.2) is 18.2 Å². The highest BCUT2D eigenvalue weighted by atomic mass is 19.4. The van der Waals surface area contributed by atoms with Gasteiger partial charge in [0.15, 0.2) is 0 Å². The van der Waals surface area contributed by atoms with Gasteiger partial charge < -0.3 is 10.2 Å². The van der Waals surface area contributed by atoms with E-state index in [9.17, 15) is 22.8 Å². The topological polar surface area (TPSA) is 52.7 Å². The molecule has 0 saturated carbocycles. The van der Waals surface area contributed by atoms with E-state index in [1.165, 1.54) is 4.90 Å². The second-order valence-corrected chi connectivity index (χ2v) is 8.19. The zero-order valence-corrected chi connectivity index (χ0v) is 18.2. The van der Waals surface area contributed by atoms with Crippen molar-refractivity contribution in [3.8, 4) is 0 Å². The minimum absolute atomic E-state index is 0.0987. The molecule has 2 unspecified atom stereocenters. The highest BCUT2D eigenvalue weighted by molar-refractivity contribution is 5.95. The number of aryl methyl sites for hydroxylation is 1. The van der Waals surface area contributed by atoms with Crippen molar-refractivity contribution >= 4 is 17.5 Å². The van der Waals surface area contributed by atoms with Gasteiger partial charge in [0.25, 0.3) is 0 Å². The number of benzene rings is 1. The smallest absolute Gasteiger partial charge is 0.330 e. The summed E-state index contributed by atoms with van der Waals surface area (Å²) in [5.74, 6) is -2.03. The molecule has 1 aliphatic heterocycles. The second-order valence-electron chi connectivity index (χ2n) is 8.19. The molecule has 8 heteroatoms. The first-order chi connectivity index (χ1) is 14.0. The first-order valence-electron chi connectivity index (χ1n) is 10.5. The summed E-state index contributed by atoms with van der Waals surface area (Å²) in [5, 5.41) is 2.85. The lowest BCUT2D eigenvalue weighted by Gasteiger charge is -2.35. The van der Waals surface area contributed by atoms with Crippen molar-refractivity contribution in [2.24, 2.45) is 5.92 Å². The van der Waals surface area contributed by atoms with Crippen LogP contribution in [0.1, 0.15) is 44.2 Å². The van der Waals surface area contributed by atoms with Gasteiger partial charge in [0.05, 0.1) is 12.5 Å². The molecule has 0 aromatic heterocycles. The van der Waals surface area contributed by atoms with Crippen molar-refractivity contribution in [1.29, 1.82) is 0 Å². The van der Waals surface area contributed by atoms with Gasteiger partial charge in [-0.3, -0.25) is 14.5 Å². The number of halogens is 3. The Labute approximate surface area is 176 Å². The fourth-order valence-corrected chi connectivity index (χ4v) is 3.69. The molecule has 30 heavy (non-hydrogen) atoms. The number of nitrogens with one attached hydrogen (secondary N) is 1. The molecule has 1 aliphatic rings. The summed E-state index contributed by atoms with van der Waals surface area (Å²) >= 11 is 0. The van der Waals surface area contributed by atoms with Gasteiger partial charge in [-0.05, 0) is 63.8 Å². The molecular weight excluding hydrogens is 395 g/mol. The summed E-state index contributed by atoms with van der Waals surface area (Å²) in [6.45, 7) is 7.68. The number of anilines is 1. The number of hydrogen-bond donors (Lipinski definition) is 1. The fraction of sp³-hybridized carbons (Fsp3) is 0.636. The Balaban J connectivity index is 2.03. The van der Waals surface area contributed by atoms with E-state index in [1.807, 2.05) is 39.8 Å². The molecular formula is C22H32F3N3O2. The maximum Gasteiger partial charge on any atom is 0.393 e. The van der Waals surface area contributed by atoms with Crippen LogP contribution in [0.4, 0.5) is 18.9 Å². The maximum atomic E-state index is 13.1. The Morgan fingerprint density at radius 2 is 2.00 bits per heavy atom. The molecule has 1 aromatic carbocycles. The minimum atomic E-state index is -4.25. The molecule has 1 aromatic rings. The largest absolute Gasteiger partial charge is 0.393 e. The number of rotatable bonds is 7. The van der Waals surface area contributed by atoms with Crippen molar-refractivity contribution in [2.75, 3.05) is 31.5 Å². The van der Waals surface area contributed by atoms with Gasteiger partial charge in [-0.25, -0.2) is 0 Å². The predicted molar refractivity (Wildman–Crippen MR) is 111 cm³/mol. The lowest BCUT2D eigenvalue weighted by molar-refractivity contribution is -0.187. The standard InChI is InChI=1S/C22H32F3N3O2/c1-5-16(3)28(13-20(29)26-19-10-6-8-15(2)17(19)4)21(30)14-27-11-7-9-18(12-27)22(23,24)25/h6,8,10,16,18H,5,7,9,11-14H2,1-4H3,(H,26,29). The van der Waals surface area contributed by atoms with E-state index < -0.39 is 12.1 Å². The molecule has 5 nitrogen and oxygen atoms in total. The number of carbonyl (C=O) groups is 2. The summed E-state index contributed by atoms with van der Waals surface area (Å²) in [7, 11) is 0. The molecule has 2 rings (SSSR count). The SMILES string of the molecule is CCC(C)N(CC(=O)Nc1cccc(C)c1C)C(=O)CN1CCCC(C(F)(F)F)C1. The van der Waals surface area contributed by atoms with Crippen molar-refractivity contribution < 1.29 is 22.8 Å². The third-order valence-corrected chi connectivity index (χ3v) is 5.96. The number of piperidine rings is 1. The zero-order chi connectivity index (χ0) is 22.5. The van der Waals surface area contributed by atoms with Crippen LogP contribution in [0, 0.1) is 19.8 Å². The average molecular weight is 428 g/mol. The van der Waals surface area contributed by atoms with Gasteiger partial charge in [-0.15, -0.1) is 0 Å². The number of likely N-dealkylation sites (tertiary alicyclic amines) is 1. The third-order valence-electron chi connectivity index (χ3n) is 5.96. The quantitative estimate of drug-likeness (QED) is 0.712. The molecule has 1 heterocycles. The van der Waals surface area contributed by atoms with E-state index in [0.29, 0.717) is 25.1 Å². The van der Waals surface area contributed by atoms with E-state index >= 15 is 0 Å². The van der Waals surface area contributed by atoms with Gasteiger partial charge in [0.1, 0.15) is 6.54 Å². The number of amides is 2. The van der Waals surface area contributed by atoms with E-state index in [2.05, 4.69) is 5.32 Å². The normalized spacial score (nSPS) is 18.7. The van der Waals surface area contributed by atoms with Crippen molar-refractivity contribution in [3.05, 3.63) is 29.3 Å². The Bertz CT molecular complexity index is 752. The fourth-order valence-electron chi connectivity index (χ4n) is 3.69. The van der Waals surface area contributed by atoms with Crippen LogP contribution in [0.2, 0.25) is 0 Å². The monoisotopic (exact) mass is 427 g/mol. The van der Waals surface area contributed by atoms with Gasteiger partial charge in [-0.2, -0.15) is 13.2 Å². The first kappa shape index (κ1) is 24.2. The molecule has 2 amide bonds. The third kappa shape index (κ3) is 6.45. The van der Waals surface area contributed by atoms with E-state index in [4.69, 9.17) is 0 Å². The Morgan fingerprint density at radius 3 is 2.63 bits per heavy atom. The summed E-state index contributed by atoms with van der Waals surface area (Å²) in [6.07, 6.45) is -3.09. The average Bonchev–Trinajstić information content (AvgIpc) is 2.68. The highest BCUT2D eigenvalue weighted by Gasteiger charge is 2.42. The molecule has 0 bridgehead atoms. The molecule has 1 fully saturated rings. The summed E-state index contributed by atoms with van der Waals surface area (Å²) < 4.78 is 39.2. The van der Waals surface area contributed by atoms with Gasteiger partial charge in [-0.1, -0.05) is 19.1 Å². The Kier molecular flexibility index (Phi) is 8.29. The summed E-state index contributed by atoms with van der Waals surface area (Å²) in [6, 6.07) is 5.42. The summed E-state index contributed by atoms with van der Waals surface area (Å²) in [4.78, 5) is 28.5. The highest BCUT2D eigenvalue weighted by Crippen LogP contribution is 2.33.